The number of aromatic nitrogens is 1. The minimum Gasteiger partial charge on any atom is -0.479 e. The predicted molar refractivity (Wildman–Crippen MR) is 88.1 cm³/mol. The monoisotopic (exact) mass is 347 g/mol. The molecule has 0 bridgehead atoms. The zero-order chi connectivity index (χ0) is 17.3. The zero-order valence-electron chi connectivity index (χ0n) is 13.2. The Morgan fingerprint density at radius 3 is 2.79 bits per heavy atom. The number of amides is 1. The lowest BCUT2D eigenvalue weighted by Gasteiger charge is -2.23. The topological polar surface area (TPSA) is 97.4 Å². The maximum absolute atomic E-state index is 12.6. The summed E-state index contributed by atoms with van der Waals surface area (Å²) in [5, 5.41) is 2.64. The Morgan fingerprint density at radius 2 is 2.08 bits per heavy atom. The molecular weight excluding hydrogens is 330 g/mol. The minimum absolute atomic E-state index is 0.0440. The van der Waals surface area contributed by atoms with Gasteiger partial charge in [-0.2, -0.15) is 0 Å². The van der Waals surface area contributed by atoms with Crippen molar-refractivity contribution in [3.63, 3.8) is 0 Å². The van der Waals surface area contributed by atoms with Crippen molar-refractivity contribution in [2.24, 2.45) is 0 Å². The van der Waals surface area contributed by atoms with E-state index < -0.39 is 22.2 Å². The number of sulfonamides is 1. The van der Waals surface area contributed by atoms with Crippen LogP contribution in [0.3, 0.4) is 0 Å². The molecule has 1 aliphatic rings. The third-order valence-electron chi connectivity index (χ3n) is 3.66. The van der Waals surface area contributed by atoms with E-state index in [2.05, 4.69) is 15.0 Å². The van der Waals surface area contributed by atoms with Gasteiger partial charge in [0.1, 0.15) is 5.75 Å². The van der Waals surface area contributed by atoms with Gasteiger partial charge in [-0.15, -0.1) is 0 Å². The van der Waals surface area contributed by atoms with Crippen molar-refractivity contribution in [2.45, 2.75) is 30.9 Å². The van der Waals surface area contributed by atoms with Crippen molar-refractivity contribution >= 4 is 21.6 Å². The molecule has 1 amide bonds. The highest BCUT2D eigenvalue weighted by atomic mass is 32.2. The highest BCUT2D eigenvalue weighted by Gasteiger charge is 2.26. The van der Waals surface area contributed by atoms with Crippen molar-refractivity contribution in [3.05, 3.63) is 48.3 Å². The number of nitrogens with one attached hydrogen (secondary N) is 2. The van der Waals surface area contributed by atoms with Crippen LogP contribution in [0, 0.1) is 0 Å². The van der Waals surface area contributed by atoms with Gasteiger partial charge in [0.15, 0.2) is 6.10 Å². The molecule has 0 aliphatic carbocycles. The number of rotatable bonds is 4. The molecule has 2 heterocycles. The summed E-state index contributed by atoms with van der Waals surface area (Å²) in [5.74, 6) is 0.130. The maximum Gasteiger partial charge on any atom is 0.265 e. The second-order valence-corrected chi connectivity index (χ2v) is 7.22. The van der Waals surface area contributed by atoms with Crippen LogP contribution in [-0.4, -0.2) is 25.4 Å². The van der Waals surface area contributed by atoms with Crippen LogP contribution in [0.5, 0.6) is 5.75 Å². The number of fused-ring (bicyclic) bond motifs is 1. The number of ether oxygens (including phenoxy) is 1. The van der Waals surface area contributed by atoms with Crippen LogP contribution in [0.25, 0.3) is 0 Å². The van der Waals surface area contributed by atoms with E-state index in [4.69, 9.17) is 4.74 Å². The standard InChI is InChI=1S/C16H17N3O4S/c1-10(13-5-3-4-8-17-13)19-24(21,22)12-6-7-15-14(9-12)18-16(20)11(2)23-15/h3-11,19H,1-2H3,(H,18,20)/t10-,11+/m1/s1. The maximum atomic E-state index is 12.6. The summed E-state index contributed by atoms with van der Waals surface area (Å²) in [6, 6.07) is 9.17. The molecule has 3 rings (SSSR count). The molecule has 1 aliphatic heterocycles. The van der Waals surface area contributed by atoms with Crippen LogP contribution >= 0.6 is 0 Å². The summed E-state index contributed by atoms with van der Waals surface area (Å²) in [5.41, 5.74) is 0.955. The van der Waals surface area contributed by atoms with Crippen LogP contribution < -0.4 is 14.8 Å². The van der Waals surface area contributed by atoms with Crippen molar-refractivity contribution in [3.8, 4) is 5.75 Å². The Bertz CT molecular complexity index is 868. The van der Waals surface area contributed by atoms with Gasteiger partial charge in [-0.1, -0.05) is 6.07 Å². The molecule has 0 radical (unpaired) electrons. The molecule has 2 aromatic rings. The fraction of sp³-hybridized carbons (Fsp3) is 0.250. The fourth-order valence-corrected chi connectivity index (χ4v) is 3.59. The number of anilines is 1. The van der Waals surface area contributed by atoms with Gasteiger partial charge in [0, 0.05) is 6.20 Å². The Morgan fingerprint density at radius 1 is 1.29 bits per heavy atom. The first-order valence-electron chi connectivity index (χ1n) is 7.41. The average Bonchev–Trinajstić information content (AvgIpc) is 2.56. The van der Waals surface area contributed by atoms with Gasteiger partial charge < -0.3 is 10.1 Å². The largest absolute Gasteiger partial charge is 0.479 e. The molecule has 0 unspecified atom stereocenters. The smallest absolute Gasteiger partial charge is 0.265 e. The lowest BCUT2D eigenvalue weighted by atomic mass is 10.2. The van der Waals surface area contributed by atoms with Gasteiger partial charge in [-0.05, 0) is 44.2 Å². The van der Waals surface area contributed by atoms with Crippen LogP contribution in [0.1, 0.15) is 25.6 Å². The number of nitrogens with zero attached hydrogens (tertiary/aromatic N) is 1. The number of carbonyl (C=O) groups is 1. The van der Waals surface area contributed by atoms with E-state index in [0.29, 0.717) is 17.1 Å². The normalized spacial score (nSPS) is 18.2. The molecule has 0 saturated heterocycles. The lowest BCUT2D eigenvalue weighted by Crippen LogP contribution is -2.34. The van der Waals surface area contributed by atoms with Crippen LogP contribution in [0.4, 0.5) is 5.69 Å². The van der Waals surface area contributed by atoms with E-state index in [1.807, 2.05) is 0 Å². The fourth-order valence-electron chi connectivity index (χ4n) is 2.35. The molecule has 0 spiro atoms. The number of hydrogen-bond acceptors (Lipinski definition) is 5. The SMILES string of the molecule is C[C@@H]1Oc2ccc(S(=O)(=O)N[C@H](C)c3ccccn3)cc2NC1=O. The summed E-state index contributed by atoms with van der Waals surface area (Å²) in [6.45, 7) is 3.34. The molecule has 8 heteroatoms. The Kier molecular flexibility index (Phi) is 4.25. The summed E-state index contributed by atoms with van der Waals surface area (Å²) < 4.78 is 33.1. The second kappa shape index (κ2) is 6.21. The Labute approximate surface area is 140 Å². The molecule has 7 nitrogen and oxygen atoms in total. The third-order valence-corrected chi connectivity index (χ3v) is 5.19. The second-order valence-electron chi connectivity index (χ2n) is 5.50. The zero-order valence-corrected chi connectivity index (χ0v) is 14.0. The molecule has 2 atom stereocenters. The summed E-state index contributed by atoms with van der Waals surface area (Å²) in [7, 11) is -3.77. The molecule has 24 heavy (non-hydrogen) atoms. The summed E-state index contributed by atoms with van der Waals surface area (Å²) in [6.07, 6.45) is 0.995. The predicted octanol–water partition coefficient (Wildman–Crippen LogP) is 1.84. The van der Waals surface area contributed by atoms with Crippen molar-refractivity contribution < 1.29 is 17.9 Å². The molecule has 0 fully saturated rings. The Balaban J connectivity index is 1.85. The van der Waals surface area contributed by atoms with Crippen molar-refractivity contribution in [1.82, 2.24) is 9.71 Å². The lowest BCUT2D eigenvalue weighted by molar-refractivity contribution is -0.122. The average molecular weight is 347 g/mol. The molecule has 1 aromatic heterocycles. The number of carbonyl (C=O) groups excluding carboxylic acids is 1. The van der Waals surface area contributed by atoms with E-state index >= 15 is 0 Å². The van der Waals surface area contributed by atoms with Crippen LogP contribution in [0.15, 0.2) is 47.5 Å². The van der Waals surface area contributed by atoms with Crippen LogP contribution in [-0.2, 0) is 14.8 Å². The van der Waals surface area contributed by atoms with E-state index in [0.717, 1.165) is 0 Å². The summed E-state index contributed by atoms with van der Waals surface area (Å²) in [4.78, 5) is 15.9. The van der Waals surface area contributed by atoms with Gasteiger partial charge in [0.05, 0.1) is 22.3 Å². The van der Waals surface area contributed by atoms with E-state index in [-0.39, 0.29) is 10.8 Å². The van der Waals surface area contributed by atoms with Gasteiger partial charge in [-0.3, -0.25) is 9.78 Å². The highest BCUT2D eigenvalue weighted by Crippen LogP contribution is 2.32. The van der Waals surface area contributed by atoms with Gasteiger partial charge in [0.25, 0.3) is 5.91 Å². The highest BCUT2D eigenvalue weighted by molar-refractivity contribution is 7.89. The van der Waals surface area contributed by atoms with E-state index in [9.17, 15) is 13.2 Å². The molecular formula is C16H17N3O4S. The van der Waals surface area contributed by atoms with Crippen molar-refractivity contribution in [2.75, 3.05) is 5.32 Å². The molecule has 0 saturated carbocycles. The molecule has 126 valence electrons. The minimum atomic E-state index is -3.77. The number of hydrogen-bond donors (Lipinski definition) is 2. The summed E-state index contributed by atoms with van der Waals surface area (Å²) >= 11 is 0. The van der Waals surface area contributed by atoms with Gasteiger partial charge in [-0.25, -0.2) is 13.1 Å². The number of benzene rings is 1. The first kappa shape index (κ1) is 16.4. The molecule has 2 N–H and O–H groups in total. The first-order valence-corrected chi connectivity index (χ1v) is 8.90. The van der Waals surface area contributed by atoms with E-state index in [1.165, 1.54) is 18.2 Å². The van der Waals surface area contributed by atoms with Gasteiger partial charge >= 0.3 is 0 Å². The number of pyridine rings is 1. The quantitative estimate of drug-likeness (QED) is 0.879. The molecule has 1 aromatic carbocycles. The third kappa shape index (κ3) is 3.24. The Hall–Kier alpha value is -2.45. The van der Waals surface area contributed by atoms with Gasteiger partial charge in [0.2, 0.25) is 10.0 Å². The first-order chi connectivity index (χ1) is 11.4. The van der Waals surface area contributed by atoms with E-state index in [1.54, 1.807) is 38.2 Å². The van der Waals surface area contributed by atoms with Crippen LogP contribution in [0.2, 0.25) is 0 Å². The van der Waals surface area contributed by atoms with Crippen molar-refractivity contribution in [1.29, 1.82) is 0 Å².